The molecule has 2 aromatic rings. The molecule has 0 spiro atoms. The molecule has 0 atom stereocenters. The van der Waals surface area contributed by atoms with E-state index in [0.717, 1.165) is 36.5 Å². The third-order valence-corrected chi connectivity index (χ3v) is 4.06. The molecule has 0 aliphatic carbocycles. The Bertz CT molecular complexity index is 550. The van der Waals surface area contributed by atoms with Crippen LogP contribution in [0.2, 0.25) is 0 Å². The fourth-order valence-electron chi connectivity index (χ4n) is 2.24. The van der Waals surface area contributed by atoms with Gasteiger partial charge in [0.15, 0.2) is 0 Å². The Morgan fingerprint density at radius 1 is 1.05 bits per heavy atom. The van der Waals surface area contributed by atoms with Crippen molar-refractivity contribution < 1.29 is 0 Å². The average Bonchev–Trinajstić information content (AvgIpc) is 2.53. The molecule has 0 radical (unpaired) electrons. The first-order chi connectivity index (χ1) is 10.2. The van der Waals surface area contributed by atoms with E-state index in [1.165, 1.54) is 11.1 Å². The summed E-state index contributed by atoms with van der Waals surface area (Å²) in [5, 5.41) is 3.39. The van der Waals surface area contributed by atoms with Crippen molar-refractivity contribution in [2.24, 2.45) is 0 Å². The maximum atomic E-state index is 4.35. The van der Waals surface area contributed by atoms with Crippen molar-refractivity contribution in [2.45, 2.75) is 26.9 Å². The van der Waals surface area contributed by atoms with Crippen molar-refractivity contribution in [1.29, 1.82) is 0 Å². The Kier molecular flexibility index (Phi) is 6.21. The summed E-state index contributed by atoms with van der Waals surface area (Å²) >= 11 is 3.40. The smallest absolute Gasteiger partial charge is 0.126 e. The van der Waals surface area contributed by atoms with Gasteiger partial charge in [0.2, 0.25) is 0 Å². The van der Waals surface area contributed by atoms with Crippen molar-refractivity contribution in [1.82, 2.24) is 9.88 Å². The number of hydrogen-bond acceptors (Lipinski definition) is 3. The lowest BCUT2D eigenvalue weighted by Crippen LogP contribution is -2.23. The quantitative estimate of drug-likeness (QED) is 0.809. The number of pyridine rings is 1. The molecule has 0 aliphatic rings. The third kappa shape index (κ3) is 4.83. The van der Waals surface area contributed by atoms with Gasteiger partial charge in [-0.1, -0.05) is 38.1 Å². The standard InChI is InChI=1S/C17H22BrN3/c1-3-21(4-2)13-15-8-6-5-7-14(15)11-19-17-10-9-16(18)12-20-17/h5-10,12H,3-4,11,13H2,1-2H3,(H,19,20). The molecule has 2 rings (SSSR count). The maximum absolute atomic E-state index is 4.35. The van der Waals surface area contributed by atoms with Crippen molar-refractivity contribution >= 4 is 21.7 Å². The van der Waals surface area contributed by atoms with Crippen LogP contribution in [0.15, 0.2) is 47.1 Å². The number of halogens is 1. The van der Waals surface area contributed by atoms with Gasteiger partial charge in [0, 0.05) is 23.8 Å². The van der Waals surface area contributed by atoms with Gasteiger partial charge in [0.05, 0.1) is 0 Å². The number of hydrogen-bond donors (Lipinski definition) is 1. The van der Waals surface area contributed by atoms with Gasteiger partial charge in [-0.05, 0) is 52.3 Å². The van der Waals surface area contributed by atoms with Gasteiger partial charge < -0.3 is 5.32 Å². The van der Waals surface area contributed by atoms with Crippen LogP contribution in [0.5, 0.6) is 0 Å². The van der Waals surface area contributed by atoms with Gasteiger partial charge in [-0.3, -0.25) is 4.90 Å². The minimum Gasteiger partial charge on any atom is -0.366 e. The fraction of sp³-hybridized carbons (Fsp3) is 0.353. The zero-order valence-electron chi connectivity index (χ0n) is 12.6. The van der Waals surface area contributed by atoms with E-state index in [-0.39, 0.29) is 0 Å². The van der Waals surface area contributed by atoms with E-state index >= 15 is 0 Å². The predicted molar refractivity (Wildman–Crippen MR) is 92.3 cm³/mol. The highest BCUT2D eigenvalue weighted by atomic mass is 79.9. The molecule has 3 nitrogen and oxygen atoms in total. The van der Waals surface area contributed by atoms with Gasteiger partial charge in [0.1, 0.15) is 5.82 Å². The van der Waals surface area contributed by atoms with E-state index in [0.29, 0.717) is 0 Å². The molecule has 1 heterocycles. The molecule has 112 valence electrons. The van der Waals surface area contributed by atoms with Gasteiger partial charge in [-0.15, -0.1) is 0 Å². The molecule has 0 amide bonds. The van der Waals surface area contributed by atoms with Gasteiger partial charge >= 0.3 is 0 Å². The lowest BCUT2D eigenvalue weighted by molar-refractivity contribution is 0.295. The van der Waals surface area contributed by atoms with Gasteiger partial charge in [0.25, 0.3) is 0 Å². The first-order valence-electron chi connectivity index (χ1n) is 7.37. The highest BCUT2D eigenvalue weighted by Crippen LogP contribution is 2.15. The number of nitrogens with zero attached hydrogens (tertiary/aromatic N) is 2. The average molecular weight is 348 g/mol. The van der Waals surface area contributed by atoms with E-state index in [9.17, 15) is 0 Å². The van der Waals surface area contributed by atoms with Crippen LogP contribution in [0, 0.1) is 0 Å². The van der Waals surface area contributed by atoms with E-state index in [4.69, 9.17) is 0 Å². The van der Waals surface area contributed by atoms with Crippen LogP contribution in [0.3, 0.4) is 0 Å². The first-order valence-corrected chi connectivity index (χ1v) is 8.16. The molecule has 1 aromatic heterocycles. The molecule has 1 N–H and O–H groups in total. The number of nitrogens with one attached hydrogen (secondary N) is 1. The Morgan fingerprint density at radius 3 is 2.38 bits per heavy atom. The van der Waals surface area contributed by atoms with Crippen LogP contribution in [0.25, 0.3) is 0 Å². The summed E-state index contributed by atoms with van der Waals surface area (Å²) in [5.74, 6) is 0.899. The summed E-state index contributed by atoms with van der Waals surface area (Å²) in [4.78, 5) is 6.78. The Hall–Kier alpha value is -1.39. The van der Waals surface area contributed by atoms with Gasteiger partial charge in [-0.2, -0.15) is 0 Å². The number of rotatable bonds is 7. The second-order valence-electron chi connectivity index (χ2n) is 4.95. The Morgan fingerprint density at radius 2 is 1.76 bits per heavy atom. The summed E-state index contributed by atoms with van der Waals surface area (Å²) in [7, 11) is 0. The normalized spacial score (nSPS) is 10.9. The lowest BCUT2D eigenvalue weighted by atomic mass is 10.1. The molecular weight excluding hydrogens is 326 g/mol. The molecule has 1 aromatic carbocycles. The first kappa shape index (κ1) is 16.0. The van der Waals surface area contributed by atoms with Crippen LogP contribution in [-0.4, -0.2) is 23.0 Å². The van der Waals surface area contributed by atoms with Crippen LogP contribution in [0.1, 0.15) is 25.0 Å². The van der Waals surface area contributed by atoms with E-state index < -0.39 is 0 Å². The maximum Gasteiger partial charge on any atom is 0.126 e. The third-order valence-electron chi connectivity index (χ3n) is 3.59. The Balaban J connectivity index is 2.04. The molecule has 0 bridgehead atoms. The molecule has 0 fully saturated rings. The van der Waals surface area contributed by atoms with Crippen molar-refractivity contribution in [3.05, 3.63) is 58.2 Å². The highest BCUT2D eigenvalue weighted by Gasteiger charge is 2.06. The molecular formula is C17H22BrN3. The summed E-state index contributed by atoms with van der Waals surface area (Å²) in [5.41, 5.74) is 2.71. The minimum atomic E-state index is 0.798. The number of anilines is 1. The number of benzene rings is 1. The van der Waals surface area contributed by atoms with Crippen molar-refractivity contribution in [3.63, 3.8) is 0 Å². The van der Waals surface area contributed by atoms with Crippen molar-refractivity contribution in [3.8, 4) is 0 Å². The number of aromatic nitrogens is 1. The zero-order chi connectivity index (χ0) is 15.1. The minimum absolute atomic E-state index is 0.798. The monoisotopic (exact) mass is 347 g/mol. The Labute approximate surface area is 135 Å². The fourth-order valence-corrected chi connectivity index (χ4v) is 2.47. The van der Waals surface area contributed by atoms with E-state index in [1.54, 1.807) is 0 Å². The van der Waals surface area contributed by atoms with Crippen molar-refractivity contribution in [2.75, 3.05) is 18.4 Å². The second kappa shape index (κ2) is 8.15. The van der Waals surface area contributed by atoms with Crippen LogP contribution >= 0.6 is 15.9 Å². The molecule has 0 unspecified atom stereocenters. The van der Waals surface area contributed by atoms with E-state index in [2.05, 4.69) is 69.2 Å². The van der Waals surface area contributed by atoms with Gasteiger partial charge in [-0.25, -0.2) is 4.98 Å². The molecule has 0 saturated carbocycles. The summed E-state index contributed by atoms with van der Waals surface area (Å²) in [6.45, 7) is 8.36. The van der Waals surface area contributed by atoms with Crippen LogP contribution < -0.4 is 5.32 Å². The van der Waals surface area contributed by atoms with Crippen LogP contribution in [-0.2, 0) is 13.1 Å². The predicted octanol–water partition coefficient (Wildman–Crippen LogP) is 4.30. The van der Waals surface area contributed by atoms with E-state index in [1.807, 2.05) is 18.3 Å². The molecule has 4 heteroatoms. The van der Waals surface area contributed by atoms with Crippen LogP contribution in [0.4, 0.5) is 5.82 Å². The summed E-state index contributed by atoms with van der Waals surface area (Å²) in [6.07, 6.45) is 1.81. The largest absolute Gasteiger partial charge is 0.366 e. The lowest BCUT2D eigenvalue weighted by Gasteiger charge is -2.20. The topological polar surface area (TPSA) is 28.2 Å². The summed E-state index contributed by atoms with van der Waals surface area (Å²) < 4.78 is 0.995. The second-order valence-corrected chi connectivity index (χ2v) is 5.86. The molecule has 0 aliphatic heterocycles. The SMILES string of the molecule is CCN(CC)Cc1ccccc1CNc1ccc(Br)cn1. The molecule has 0 saturated heterocycles. The summed E-state index contributed by atoms with van der Waals surface area (Å²) in [6, 6.07) is 12.6. The highest BCUT2D eigenvalue weighted by molar-refractivity contribution is 9.10. The molecule has 21 heavy (non-hydrogen) atoms. The zero-order valence-corrected chi connectivity index (χ0v) is 14.2.